The molecule has 3 nitrogen and oxygen atoms in total. The van der Waals surface area contributed by atoms with Crippen LogP contribution in [0.1, 0.15) is 36.9 Å². The second kappa shape index (κ2) is 5.41. The van der Waals surface area contributed by atoms with E-state index >= 15 is 0 Å². The Morgan fingerprint density at radius 3 is 2.60 bits per heavy atom. The van der Waals surface area contributed by atoms with Gasteiger partial charge >= 0.3 is 0 Å². The van der Waals surface area contributed by atoms with Crippen LogP contribution in [0, 0.1) is 0 Å². The molecule has 2 saturated heterocycles. The van der Waals surface area contributed by atoms with Gasteiger partial charge in [0.05, 0.1) is 25.4 Å². The van der Waals surface area contributed by atoms with Crippen molar-refractivity contribution in [2.24, 2.45) is 0 Å². The van der Waals surface area contributed by atoms with Gasteiger partial charge in [0.15, 0.2) is 0 Å². The SMILES string of the molecule is CC(C)(C)c1ccc(CN2CCOCC23CCOC3)s1. The first kappa shape index (κ1) is 14.5. The van der Waals surface area contributed by atoms with E-state index < -0.39 is 0 Å². The lowest BCUT2D eigenvalue weighted by atomic mass is 9.95. The molecule has 4 heteroatoms. The molecule has 1 atom stereocenters. The van der Waals surface area contributed by atoms with Crippen LogP contribution in [0.25, 0.3) is 0 Å². The zero-order valence-electron chi connectivity index (χ0n) is 12.8. The molecule has 0 saturated carbocycles. The number of thiophene rings is 1. The third kappa shape index (κ3) is 2.80. The number of ether oxygens (including phenoxy) is 2. The van der Waals surface area contributed by atoms with E-state index in [1.54, 1.807) is 0 Å². The smallest absolute Gasteiger partial charge is 0.0704 e. The molecule has 0 amide bonds. The van der Waals surface area contributed by atoms with E-state index in [2.05, 4.69) is 37.8 Å². The number of nitrogens with zero attached hydrogens (tertiary/aromatic N) is 1. The van der Waals surface area contributed by atoms with E-state index in [9.17, 15) is 0 Å². The van der Waals surface area contributed by atoms with Gasteiger partial charge in [-0.3, -0.25) is 4.90 Å². The van der Waals surface area contributed by atoms with Crippen molar-refractivity contribution in [3.05, 3.63) is 21.9 Å². The van der Waals surface area contributed by atoms with Gasteiger partial charge < -0.3 is 9.47 Å². The van der Waals surface area contributed by atoms with Crippen LogP contribution in [0.2, 0.25) is 0 Å². The minimum Gasteiger partial charge on any atom is -0.379 e. The Morgan fingerprint density at radius 1 is 1.20 bits per heavy atom. The summed E-state index contributed by atoms with van der Waals surface area (Å²) in [5.74, 6) is 0. The first-order valence-electron chi connectivity index (χ1n) is 7.49. The van der Waals surface area contributed by atoms with Gasteiger partial charge in [0.1, 0.15) is 0 Å². The summed E-state index contributed by atoms with van der Waals surface area (Å²) in [4.78, 5) is 5.52. The van der Waals surface area contributed by atoms with Crippen LogP contribution < -0.4 is 0 Å². The fourth-order valence-electron chi connectivity index (χ4n) is 3.03. The molecule has 1 aromatic heterocycles. The second-order valence-electron chi connectivity index (χ2n) is 7.02. The van der Waals surface area contributed by atoms with Crippen LogP contribution in [-0.4, -0.2) is 43.4 Å². The highest BCUT2D eigenvalue weighted by Crippen LogP contribution is 2.34. The molecule has 3 rings (SSSR count). The van der Waals surface area contributed by atoms with Crippen molar-refractivity contribution in [2.75, 3.05) is 33.0 Å². The standard InChI is InChI=1S/C16H25NO2S/c1-15(2,3)14-5-4-13(20-14)10-17-7-9-19-12-16(17)6-8-18-11-16/h4-5H,6-12H2,1-3H3. The molecular weight excluding hydrogens is 270 g/mol. The molecule has 1 unspecified atom stereocenters. The second-order valence-corrected chi connectivity index (χ2v) is 8.19. The van der Waals surface area contributed by atoms with Crippen LogP contribution in [0.15, 0.2) is 12.1 Å². The average molecular weight is 295 g/mol. The molecule has 0 bridgehead atoms. The van der Waals surface area contributed by atoms with E-state index in [0.29, 0.717) is 0 Å². The summed E-state index contributed by atoms with van der Waals surface area (Å²) in [5.41, 5.74) is 0.381. The van der Waals surface area contributed by atoms with Crippen molar-refractivity contribution in [3.8, 4) is 0 Å². The topological polar surface area (TPSA) is 21.7 Å². The fraction of sp³-hybridized carbons (Fsp3) is 0.750. The van der Waals surface area contributed by atoms with Crippen LogP contribution in [0.3, 0.4) is 0 Å². The van der Waals surface area contributed by atoms with E-state index in [-0.39, 0.29) is 11.0 Å². The Bertz CT molecular complexity index is 457. The molecule has 2 aliphatic heterocycles. The van der Waals surface area contributed by atoms with E-state index in [1.807, 2.05) is 11.3 Å². The normalized spacial score (nSPS) is 28.4. The van der Waals surface area contributed by atoms with Crippen molar-refractivity contribution < 1.29 is 9.47 Å². The number of rotatable bonds is 2. The van der Waals surface area contributed by atoms with Crippen molar-refractivity contribution in [2.45, 2.75) is 44.7 Å². The van der Waals surface area contributed by atoms with Gasteiger partial charge in [0, 0.05) is 29.5 Å². The van der Waals surface area contributed by atoms with Crippen molar-refractivity contribution in [1.29, 1.82) is 0 Å². The molecular formula is C16H25NO2S. The van der Waals surface area contributed by atoms with Gasteiger partial charge in [0.25, 0.3) is 0 Å². The number of morpholine rings is 1. The summed E-state index contributed by atoms with van der Waals surface area (Å²) in [6.45, 7) is 12.3. The third-order valence-electron chi connectivity index (χ3n) is 4.38. The van der Waals surface area contributed by atoms with E-state index in [1.165, 1.54) is 9.75 Å². The predicted molar refractivity (Wildman–Crippen MR) is 82.4 cm³/mol. The van der Waals surface area contributed by atoms with Gasteiger partial charge in [-0.05, 0) is 24.0 Å². The zero-order chi connectivity index (χ0) is 14.2. The van der Waals surface area contributed by atoms with Gasteiger partial charge in [-0.2, -0.15) is 0 Å². The van der Waals surface area contributed by atoms with E-state index in [0.717, 1.165) is 45.9 Å². The minimum absolute atomic E-state index is 0.129. The first-order valence-corrected chi connectivity index (χ1v) is 8.31. The maximum Gasteiger partial charge on any atom is 0.0704 e. The van der Waals surface area contributed by atoms with Crippen molar-refractivity contribution >= 4 is 11.3 Å². The molecule has 20 heavy (non-hydrogen) atoms. The molecule has 0 N–H and O–H groups in total. The van der Waals surface area contributed by atoms with E-state index in [4.69, 9.17) is 9.47 Å². The van der Waals surface area contributed by atoms with Crippen LogP contribution in [0.5, 0.6) is 0 Å². The summed E-state index contributed by atoms with van der Waals surface area (Å²) in [7, 11) is 0. The molecule has 2 fully saturated rings. The quantitative estimate of drug-likeness (QED) is 0.837. The Balaban J connectivity index is 1.74. The van der Waals surface area contributed by atoms with Crippen LogP contribution >= 0.6 is 11.3 Å². The Hall–Kier alpha value is -0.420. The predicted octanol–water partition coefficient (Wildman–Crippen LogP) is 3.04. The van der Waals surface area contributed by atoms with Gasteiger partial charge in [-0.25, -0.2) is 0 Å². The molecule has 1 aromatic rings. The average Bonchev–Trinajstić information content (AvgIpc) is 3.01. The van der Waals surface area contributed by atoms with Gasteiger partial charge in [-0.15, -0.1) is 11.3 Å². The number of hydrogen-bond acceptors (Lipinski definition) is 4. The largest absolute Gasteiger partial charge is 0.379 e. The molecule has 1 spiro atoms. The van der Waals surface area contributed by atoms with Gasteiger partial charge in [-0.1, -0.05) is 20.8 Å². The third-order valence-corrected chi connectivity index (χ3v) is 5.87. The highest BCUT2D eigenvalue weighted by Gasteiger charge is 2.43. The monoisotopic (exact) mass is 295 g/mol. The van der Waals surface area contributed by atoms with Crippen LogP contribution in [-0.2, 0) is 21.4 Å². The first-order chi connectivity index (χ1) is 9.50. The lowest BCUT2D eigenvalue weighted by molar-refractivity contribution is -0.0745. The fourth-order valence-corrected chi connectivity index (χ4v) is 4.11. The Kier molecular flexibility index (Phi) is 3.93. The minimum atomic E-state index is 0.129. The van der Waals surface area contributed by atoms with Crippen molar-refractivity contribution in [1.82, 2.24) is 4.90 Å². The summed E-state index contributed by atoms with van der Waals surface area (Å²) >= 11 is 1.95. The Labute approximate surface area is 125 Å². The maximum absolute atomic E-state index is 5.72. The summed E-state index contributed by atoms with van der Waals surface area (Å²) < 4.78 is 11.4. The molecule has 112 valence electrons. The Morgan fingerprint density at radius 2 is 1.95 bits per heavy atom. The highest BCUT2D eigenvalue weighted by atomic mass is 32.1. The number of hydrogen-bond donors (Lipinski definition) is 0. The lowest BCUT2D eigenvalue weighted by Gasteiger charge is -2.43. The maximum atomic E-state index is 5.72. The summed E-state index contributed by atoms with van der Waals surface area (Å²) in [6, 6.07) is 4.59. The lowest BCUT2D eigenvalue weighted by Crippen LogP contribution is -2.56. The molecule has 3 heterocycles. The molecule has 2 aliphatic rings. The van der Waals surface area contributed by atoms with Crippen LogP contribution in [0.4, 0.5) is 0 Å². The summed E-state index contributed by atoms with van der Waals surface area (Å²) in [5, 5.41) is 0. The molecule has 0 aromatic carbocycles. The molecule has 0 aliphatic carbocycles. The highest BCUT2D eigenvalue weighted by molar-refractivity contribution is 7.12. The molecule has 0 radical (unpaired) electrons. The summed E-state index contributed by atoms with van der Waals surface area (Å²) in [6.07, 6.45) is 1.10. The zero-order valence-corrected chi connectivity index (χ0v) is 13.6. The van der Waals surface area contributed by atoms with Gasteiger partial charge in [0.2, 0.25) is 0 Å². The van der Waals surface area contributed by atoms with Crippen molar-refractivity contribution in [3.63, 3.8) is 0 Å².